The second-order valence-corrected chi connectivity index (χ2v) is 14.7. The number of hydrogen-bond acceptors (Lipinski definition) is 3. The van der Waals surface area contributed by atoms with Crippen LogP contribution in [0.1, 0.15) is 11.1 Å². The van der Waals surface area contributed by atoms with Crippen molar-refractivity contribution in [3.63, 3.8) is 0 Å². The SMILES string of the molecule is Cc1ccc(N(c2ccc(C)cc2)c2ccc3c(c2)Oc2cccc4c2B3c2cc3c5ccccc5n(-c5ccccc5)c3cc2N4c2ccccc2)cc1. The number of ether oxygens (including phenoxy) is 1. The maximum Gasteiger partial charge on any atom is 0.256 e. The summed E-state index contributed by atoms with van der Waals surface area (Å²) in [4.78, 5) is 4.75. The van der Waals surface area contributed by atoms with Gasteiger partial charge in [-0.3, -0.25) is 0 Å². The van der Waals surface area contributed by atoms with Gasteiger partial charge in [-0.25, -0.2) is 0 Å². The fraction of sp³-hybridized carbons (Fsp3) is 0.0400. The molecule has 1 aromatic heterocycles. The van der Waals surface area contributed by atoms with Gasteiger partial charge < -0.3 is 19.1 Å². The molecule has 260 valence electrons. The molecule has 0 atom stereocenters. The van der Waals surface area contributed by atoms with Crippen molar-refractivity contribution in [2.75, 3.05) is 9.80 Å². The fourth-order valence-corrected chi connectivity index (χ4v) is 8.81. The van der Waals surface area contributed by atoms with Gasteiger partial charge in [-0.15, -0.1) is 0 Å². The Morgan fingerprint density at radius 2 is 1.09 bits per heavy atom. The van der Waals surface area contributed by atoms with E-state index in [1.807, 2.05) is 0 Å². The summed E-state index contributed by atoms with van der Waals surface area (Å²) in [7, 11) is 0. The first-order valence-electron chi connectivity index (χ1n) is 19.0. The number of hydrogen-bond donors (Lipinski definition) is 0. The Bertz CT molecular complexity index is 2870. The van der Waals surface area contributed by atoms with Crippen LogP contribution in [-0.4, -0.2) is 11.3 Å². The van der Waals surface area contributed by atoms with Gasteiger partial charge in [0.15, 0.2) is 0 Å². The highest BCUT2D eigenvalue weighted by Gasteiger charge is 2.42. The van der Waals surface area contributed by atoms with E-state index in [9.17, 15) is 0 Å². The first kappa shape index (κ1) is 31.5. The van der Waals surface area contributed by atoms with E-state index in [0.29, 0.717) is 0 Å². The lowest BCUT2D eigenvalue weighted by Gasteiger charge is -2.40. The largest absolute Gasteiger partial charge is 0.458 e. The molecule has 11 rings (SSSR count). The summed E-state index contributed by atoms with van der Waals surface area (Å²) in [6.45, 7) is 4.23. The highest BCUT2D eigenvalue weighted by molar-refractivity contribution is 6.99. The number of para-hydroxylation sites is 3. The van der Waals surface area contributed by atoms with Gasteiger partial charge in [0.1, 0.15) is 11.5 Å². The number of nitrogens with zero attached hydrogens (tertiary/aromatic N) is 3. The molecule has 0 fully saturated rings. The van der Waals surface area contributed by atoms with Crippen LogP contribution in [0.3, 0.4) is 0 Å². The minimum atomic E-state index is -0.0330. The van der Waals surface area contributed by atoms with Crippen molar-refractivity contribution in [3.8, 4) is 17.2 Å². The number of aromatic nitrogens is 1. The lowest BCUT2D eigenvalue weighted by Crippen LogP contribution is -2.59. The Labute approximate surface area is 321 Å². The fourth-order valence-electron chi connectivity index (χ4n) is 8.81. The molecule has 0 N–H and O–H groups in total. The monoisotopic (exact) mass is 705 g/mol. The molecule has 0 spiro atoms. The van der Waals surface area contributed by atoms with E-state index in [4.69, 9.17) is 4.74 Å². The second-order valence-electron chi connectivity index (χ2n) is 14.7. The van der Waals surface area contributed by atoms with E-state index < -0.39 is 0 Å². The van der Waals surface area contributed by atoms with Crippen LogP contribution in [0.5, 0.6) is 11.5 Å². The average Bonchev–Trinajstić information content (AvgIpc) is 3.55. The lowest BCUT2D eigenvalue weighted by atomic mass is 9.34. The van der Waals surface area contributed by atoms with Crippen LogP contribution in [-0.2, 0) is 0 Å². The molecule has 3 heterocycles. The molecular formula is C50H36BN3O. The van der Waals surface area contributed by atoms with Crippen LogP contribution >= 0.6 is 0 Å². The van der Waals surface area contributed by atoms with Crippen LogP contribution < -0.4 is 30.9 Å². The maximum atomic E-state index is 6.99. The van der Waals surface area contributed by atoms with Gasteiger partial charge in [0, 0.05) is 56.7 Å². The molecule has 55 heavy (non-hydrogen) atoms. The topological polar surface area (TPSA) is 20.6 Å². The Morgan fingerprint density at radius 1 is 0.455 bits per heavy atom. The first-order valence-corrected chi connectivity index (χ1v) is 19.0. The van der Waals surface area contributed by atoms with Gasteiger partial charge in [-0.05, 0) is 109 Å². The van der Waals surface area contributed by atoms with Gasteiger partial charge in [0.25, 0.3) is 6.71 Å². The van der Waals surface area contributed by atoms with Crippen molar-refractivity contribution in [2.45, 2.75) is 13.8 Å². The van der Waals surface area contributed by atoms with Gasteiger partial charge >= 0.3 is 0 Å². The molecule has 2 aliphatic rings. The Balaban J connectivity index is 1.16. The summed E-state index contributed by atoms with van der Waals surface area (Å²) >= 11 is 0. The molecule has 0 radical (unpaired) electrons. The predicted molar refractivity (Wildman–Crippen MR) is 231 cm³/mol. The number of anilines is 6. The van der Waals surface area contributed by atoms with Crippen LogP contribution in [0.25, 0.3) is 27.5 Å². The summed E-state index contributed by atoms with van der Waals surface area (Å²) < 4.78 is 9.40. The molecule has 0 unspecified atom stereocenters. The molecule has 4 nitrogen and oxygen atoms in total. The Morgan fingerprint density at radius 3 is 1.80 bits per heavy atom. The maximum absolute atomic E-state index is 6.99. The third kappa shape index (κ3) is 4.93. The van der Waals surface area contributed by atoms with Gasteiger partial charge in [0.2, 0.25) is 0 Å². The number of benzene rings is 8. The molecule has 0 saturated carbocycles. The molecule has 2 aliphatic heterocycles. The minimum Gasteiger partial charge on any atom is -0.458 e. The normalized spacial score (nSPS) is 12.6. The zero-order valence-electron chi connectivity index (χ0n) is 30.6. The standard InChI is InChI=1S/C50H36BN3O/c1-33-20-24-37(25-21-33)52(38-26-22-34(2)23-27-38)39-28-29-42-49(30-39)55-48-19-11-18-45-50(48)51(42)43-31-41-40-16-9-10-17-44(40)53(35-12-5-3-6-13-35)46(41)32-47(43)54(45)36-14-7-4-8-15-36/h3-32H,1-2H3. The van der Waals surface area contributed by atoms with Gasteiger partial charge in [0.05, 0.1) is 11.0 Å². The van der Waals surface area contributed by atoms with E-state index in [1.165, 1.54) is 49.5 Å². The van der Waals surface area contributed by atoms with E-state index in [-0.39, 0.29) is 6.71 Å². The van der Waals surface area contributed by atoms with Gasteiger partial charge in [-0.2, -0.15) is 0 Å². The zero-order valence-corrected chi connectivity index (χ0v) is 30.6. The number of aryl methyl sites for hydroxylation is 2. The van der Waals surface area contributed by atoms with E-state index in [1.54, 1.807) is 0 Å². The van der Waals surface area contributed by atoms with Crippen molar-refractivity contribution >= 4 is 79.0 Å². The Hall–Kier alpha value is -6.98. The van der Waals surface area contributed by atoms with Crippen molar-refractivity contribution in [1.82, 2.24) is 4.57 Å². The van der Waals surface area contributed by atoms with Crippen LogP contribution in [0.4, 0.5) is 34.1 Å². The smallest absolute Gasteiger partial charge is 0.256 e. The molecule has 0 bridgehead atoms. The first-order chi connectivity index (χ1) is 27.1. The summed E-state index contributed by atoms with van der Waals surface area (Å²) in [6, 6.07) is 65.9. The van der Waals surface area contributed by atoms with Crippen molar-refractivity contribution in [2.24, 2.45) is 0 Å². The second kappa shape index (κ2) is 12.3. The predicted octanol–water partition coefficient (Wildman–Crippen LogP) is 11.3. The zero-order chi connectivity index (χ0) is 36.6. The van der Waals surface area contributed by atoms with Crippen LogP contribution in [0, 0.1) is 13.8 Å². The van der Waals surface area contributed by atoms with E-state index in [2.05, 4.69) is 210 Å². The summed E-state index contributed by atoms with van der Waals surface area (Å²) in [5, 5.41) is 2.48. The van der Waals surface area contributed by atoms with Crippen molar-refractivity contribution in [3.05, 3.63) is 193 Å². The minimum absolute atomic E-state index is 0.0330. The van der Waals surface area contributed by atoms with E-state index >= 15 is 0 Å². The lowest BCUT2D eigenvalue weighted by molar-refractivity contribution is 0.487. The summed E-state index contributed by atoms with van der Waals surface area (Å²) in [6.07, 6.45) is 0. The number of fused-ring (bicyclic) bond motifs is 7. The highest BCUT2D eigenvalue weighted by atomic mass is 16.5. The van der Waals surface area contributed by atoms with Crippen LogP contribution in [0.15, 0.2) is 182 Å². The highest BCUT2D eigenvalue weighted by Crippen LogP contribution is 2.44. The molecule has 0 saturated heterocycles. The number of rotatable bonds is 5. The Kier molecular flexibility index (Phi) is 7.05. The molecule has 9 aromatic rings. The van der Waals surface area contributed by atoms with E-state index in [0.717, 1.165) is 51.1 Å². The summed E-state index contributed by atoms with van der Waals surface area (Å²) in [5.41, 5.74) is 16.3. The summed E-state index contributed by atoms with van der Waals surface area (Å²) in [5.74, 6) is 1.77. The third-order valence-corrected chi connectivity index (χ3v) is 11.3. The molecule has 0 amide bonds. The molecule has 5 heteroatoms. The average molecular weight is 706 g/mol. The molecular weight excluding hydrogens is 669 g/mol. The van der Waals surface area contributed by atoms with Crippen molar-refractivity contribution < 1.29 is 4.74 Å². The van der Waals surface area contributed by atoms with Crippen molar-refractivity contribution in [1.29, 1.82) is 0 Å². The van der Waals surface area contributed by atoms with Gasteiger partial charge in [-0.1, -0.05) is 108 Å². The quantitative estimate of drug-likeness (QED) is 0.166. The molecule has 0 aliphatic carbocycles. The van der Waals surface area contributed by atoms with Crippen LogP contribution in [0.2, 0.25) is 0 Å². The molecule has 8 aromatic carbocycles. The third-order valence-electron chi connectivity index (χ3n) is 11.3.